The predicted octanol–water partition coefficient (Wildman–Crippen LogP) is 2.89. The summed E-state index contributed by atoms with van der Waals surface area (Å²) in [5.41, 5.74) is 1.46. The van der Waals surface area contributed by atoms with Crippen molar-refractivity contribution in [1.82, 2.24) is 4.98 Å². The van der Waals surface area contributed by atoms with E-state index in [-0.39, 0.29) is 17.4 Å². The second kappa shape index (κ2) is 8.01. The van der Waals surface area contributed by atoms with E-state index in [1.165, 1.54) is 25.4 Å². The number of nitrogens with one attached hydrogen (secondary N) is 3. The van der Waals surface area contributed by atoms with E-state index in [2.05, 4.69) is 15.6 Å². The smallest absolute Gasteiger partial charge is 0.259 e. The van der Waals surface area contributed by atoms with Crippen molar-refractivity contribution in [2.75, 3.05) is 17.7 Å². The number of pyridine rings is 1. The molecule has 0 aliphatic rings. The molecular weight excluding hydrogens is 346 g/mol. The van der Waals surface area contributed by atoms with Gasteiger partial charge in [-0.1, -0.05) is 18.2 Å². The van der Waals surface area contributed by atoms with Gasteiger partial charge < -0.3 is 20.4 Å². The molecule has 0 unspecified atom stereocenters. The molecule has 0 fully saturated rings. The fraction of sp³-hybridized carbons (Fsp3) is 0.0500. The summed E-state index contributed by atoms with van der Waals surface area (Å²) in [7, 11) is 1.50. The van der Waals surface area contributed by atoms with Crippen molar-refractivity contribution in [2.24, 2.45) is 0 Å². The Hall–Kier alpha value is -3.87. The van der Waals surface area contributed by atoms with Gasteiger partial charge in [0.1, 0.15) is 5.75 Å². The average Bonchev–Trinajstić information content (AvgIpc) is 2.68. The highest BCUT2D eigenvalue weighted by Gasteiger charge is 2.12. The van der Waals surface area contributed by atoms with Crippen LogP contribution in [0.25, 0.3) is 0 Å². The largest absolute Gasteiger partial charge is 0.496 e. The van der Waals surface area contributed by atoms with E-state index in [0.717, 1.165) is 0 Å². The third-order valence-corrected chi connectivity index (χ3v) is 3.78. The van der Waals surface area contributed by atoms with Crippen LogP contribution in [0.1, 0.15) is 20.7 Å². The average molecular weight is 363 g/mol. The predicted molar refractivity (Wildman–Crippen MR) is 102 cm³/mol. The van der Waals surface area contributed by atoms with E-state index < -0.39 is 0 Å². The van der Waals surface area contributed by atoms with Crippen LogP contribution in [0.5, 0.6) is 5.75 Å². The minimum absolute atomic E-state index is 0.285. The summed E-state index contributed by atoms with van der Waals surface area (Å²) in [6.45, 7) is 0. The molecule has 0 saturated carbocycles. The number of rotatable bonds is 5. The van der Waals surface area contributed by atoms with E-state index in [1.807, 2.05) is 0 Å². The normalized spacial score (nSPS) is 10.1. The third-order valence-electron chi connectivity index (χ3n) is 3.78. The SMILES string of the molecule is COc1ccccc1C(=O)Nc1cccc(NC(=O)c2ccc(=O)[nH]c2)c1. The summed E-state index contributed by atoms with van der Waals surface area (Å²) in [5, 5.41) is 5.49. The third kappa shape index (κ3) is 4.40. The highest BCUT2D eigenvalue weighted by molar-refractivity contribution is 6.07. The van der Waals surface area contributed by atoms with Gasteiger partial charge in [-0.2, -0.15) is 0 Å². The number of hydrogen-bond donors (Lipinski definition) is 3. The Morgan fingerprint density at radius 3 is 2.26 bits per heavy atom. The van der Waals surface area contributed by atoms with Gasteiger partial charge in [0.05, 0.1) is 18.2 Å². The number of aromatic amines is 1. The molecule has 2 aromatic carbocycles. The molecule has 0 atom stereocenters. The lowest BCUT2D eigenvalue weighted by Crippen LogP contribution is -2.15. The first-order valence-electron chi connectivity index (χ1n) is 8.11. The zero-order chi connectivity index (χ0) is 19.2. The first-order valence-corrected chi connectivity index (χ1v) is 8.11. The molecule has 3 N–H and O–H groups in total. The molecule has 0 aliphatic heterocycles. The Bertz CT molecular complexity index is 1020. The number of anilines is 2. The molecule has 136 valence electrons. The molecular formula is C20H17N3O4. The molecule has 0 radical (unpaired) electrons. The number of para-hydroxylation sites is 1. The maximum absolute atomic E-state index is 12.5. The monoisotopic (exact) mass is 363 g/mol. The Balaban J connectivity index is 1.73. The van der Waals surface area contributed by atoms with Gasteiger partial charge in [0, 0.05) is 23.6 Å². The second-order valence-corrected chi connectivity index (χ2v) is 5.63. The van der Waals surface area contributed by atoms with E-state index >= 15 is 0 Å². The zero-order valence-electron chi connectivity index (χ0n) is 14.5. The van der Waals surface area contributed by atoms with Gasteiger partial charge in [0.25, 0.3) is 11.8 Å². The highest BCUT2D eigenvalue weighted by atomic mass is 16.5. The Morgan fingerprint density at radius 1 is 0.889 bits per heavy atom. The first kappa shape index (κ1) is 17.9. The molecule has 0 saturated heterocycles. The molecule has 27 heavy (non-hydrogen) atoms. The van der Waals surface area contributed by atoms with Crippen molar-refractivity contribution < 1.29 is 14.3 Å². The summed E-state index contributed by atoms with van der Waals surface area (Å²) >= 11 is 0. The molecule has 0 aliphatic carbocycles. The van der Waals surface area contributed by atoms with Crippen LogP contribution < -0.4 is 20.9 Å². The highest BCUT2D eigenvalue weighted by Crippen LogP contribution is 2.21. The van der Waals surface area contributed by atoms with Gasteiger partial charge in [0.2, 0.25) is 5.56 Å². The molecule has 3 aromatic rings. The van der Waals surface area contributed by atoms with Crippen molar-refractivity contribution in [3.63, 3.8) is 0 Å². The summed E-state index contributed by atoms with van der Waals surface area (Å²) < 4.78 is 5.19. The van der Waals surface area contributed by atoms with Crippen LogP contribution in [-0.2, 0) is 0 Å². The summed E-state index contributed by atoms with van der Waals surface area (Å²) in [4.78, 5) is 38.2. The van der Waals surface area contributed by atoms with E-state index in [4.69, 9.17) is 4.74 Å². The fourth-order valence-electron chi connectivity index (χ4n) is 2.46. The lowest BCUT2D eigenvalue weighted by Gasteiger charge is -2.11. The summed E-state index contributed by atoms with van der Waals surface area (Å²) in [6, 6.07) is 16.4. The molecule has 0 spiro atoms. The number of carbonyl (C=O) groups is 2. The maximum atomic E-state index is 12.5. The molecule has 1 heterocycles. The first-order chi connectivity index (χ1) is 13.1. The van der Waals surface area contributed by atoms with Gasteiger partial charge >= 0.3 is 0 Å². The van der Waals surface area contributed by atoms with E-state index in [9.17, 15) is 14.4 Å². The molecule has 1 aromatic heterocycles. The van der Waals surface area contributed by atoms with Crippen LogP contribution >= 0.6 is 0 Å². The standard InChI is InChI=1S/C20H17N3O4/c1-27-17-8-3-2-7-16(17)20(26)23-15-6-4-5-14(11-15)22-19(25)13-9-10-18(24)21-12-13/h2-12H,1H3,(H,21,24)(H,22,25)(H,23,26). The summed E-state index contributed by atoms with van der Waals surface area (Å²) in [6.07, 6.45) is 1.34. The molecule has 2 amide bonds. The van der Waals surface area contributed by atoms with Crippen molar-refractivity contribution in [3.05, 3.63) is 88.3 Å². The second-order valence-electron chi connectivity index (χ2n) is 5.63. The molecule has 7 nitrogen and oxygen atoms in total. The zero-order valence-corrected chi connectivity index (χ0v) is 14.5. The molecule has 3 rings (SSSR count). The van der Waals surface area contributed by atoms with Crippen LogP contribution in [0.2, 0.25) is 0 Å². The van der Waals surface area contributed by atoms with Crippen molar-refractivity contribution in [1.29, 1.82) is 0 Å². The van der Waals surface area contributed by atoms with E-state index in [1.54, 1.807) is 48.5 Å². The lowest BCUT2D eigenvalue weighted by molar-refractivity contribution is 0.101. The van der Waals surface area contributed by atoms with E-state index in [0.29, 0.717) is 28.3 Å². The van der Waals surface area contributed by atoms with Crippen LogP contribution in [-0.4, -0.2) is 23.9 Å². The Labute approximate surface area is 155 Å². The minimum Gasteiger partial charge on any atom is -0.496 e. The van der Waals surface area contributed by atoms with Crippen molar-refractivity contribution in [3.8, 4) is 5.75 Å². The van der Waals surface area contributed by atoms with Crippen molar-refractivity contribution in [2.45, 2.75) is 0 Å². The number of aromatic nitrogens is 1. The number of carbonyl (C=O) groups excluding carboxylic acids is 2. The Morgan fingerprint density at radius 2 is 1.59 bits per heavy atom. The lowest BCUT2D eigenvalue weighted by atomic mass is 10.1. The van der Waals surface area contributed by atoms with Gasteiger partial charge in [-0.15, -0.1) is 0 Å². The van der Waals surface area contributed by atoms with Gasteiger partial charge in [-0.05, 0) is 36.4 Å². The number of benzene rings is 2. The van der Waals surface area contributed by atoms with Crippen LogP contribution in [0, 0.1) is 0 Å². The molecule has 7 heteroatoms. The summed E-state index contributed by atoms with van der Waals surface area (Å²) in [5.74, 6) is -0.228. The quantitative estimate of drug-likeness (QED) is 0.649. The van der Waals surface area contributed by atoms with Crippen LogP contribution in [0.3, 0.4) is 0 Å². The van der Waals surface area contributed by atoms with Gasteiger partial charge in [-0.25, -0.2) is 0 Å². The number of hydrogen-bond acceptors (Lipinski definition) is 4. The number of methoxy groups -OCH3 is 1. The maximum Gasteiger partial charge on any atom is 0.259 e. The molecule has 0 bridgehead atoms. The number of H-pyrrole nitrogens is 1. The van der Waals surface area contributed by atoms with Crippen LogP contribution in [0.15, 0.2) is 71.7 Å². The number of amides is 2. The van der Waals surface area contributed by atoms with Crippen LogP contribution in [0.4, 0.5) is 11.4 Å². The number of ether oxygens (including phenoxy) is 1. The van der Waals surface area contributed by atoms with Crippen molar-refractivity contribution >= 4 is 23.2 Å². The van der Waals surface area contributed by atoms with Gasteiger partial charge in [0.15, 0.2) is 0 Å². The fourth-order valence-corrected chi connectivity index (χ4v) is 2.46. The van der Waals surface area contributed by atoms with Gasteiger partial charge in [-0.3, -0.25) is 14.4 Å². The Kier molecular flexibility index (Phi) is 5.32. The minimum atomic E-state index is -0.376. The topological polar surface area (TPSA) is 100 Å².